The van der Waals surface area contributed by atoms with Gasteiger partial charge in [0.2, 0.25) is 0 Å². The van der Waals surface area contributed by atoms with Gasteiger partial charge >= 0.3 is 0 Å². The second-order valence-corrected chi connectivity index (χ2v) is 9.13. The number of fused-ring (bicyclic) bond motifs is 3. The lowest BCUT2D eigenvalue weighted by Crippen LogP contribution is -2.25. The Labute approximate surface area is 171 Å². The van der Waals surface area contributed by atoms with Gasteiger partial charge in [0.15, 0.2) is 0 Å². The van der Waals surface area contributed by atoms with E-state index in [1.54, 1.807) is 16.3 Å². The van der Waals surface area contributed by atoms with Gasteiger partial charge < -0.3 is 0 Å². The Morgan fingerprint density at radius 3 is 2.89 bits per heavy atom. The van der Waals surface area contributed by atoms with E-state index in [2.05, 4.69) is 15.1 Å². The molecule has 0 bridgehead atoms. The summed E-state index contributed by atoms with van der Waals surface area (Å²) >= 11 is 3.31. The molecule has 1 amide bonds. The number of nitrogens with zero attached hydrogens (tertiary/aromatic N) is 4. The Hall–Kier alpha value is -2.25. The van der Waals surface area contributed by atoms with Crippen LogP contribution in [0.25, 0.3) is 10.2 Å². The van der Waals surface area contributed by atoms with Crippen molar-refractivity contribution in [3.05, 3.63) is 52.2 Å². The van der Waals surface area contributed by atoms with Crippen LogP contribution in [0.2, 0.25) is 0 Å². The molecular weight excluding hydrogens is 388 g/mol. The molecule has 28 heavy (non-hydrogen) atoms. The quantitative estimate of drug-likeness (QED) is 0.479. The Kier molecular flexibility index (Phi) is 4.64. The standard InChI is InChI=1S/C21H20N4OS2/c1-13-22-20(19-15-8-5-9-17(15)28-21(19)23-13)27-12-18(26)25-11-10-16(24-25)14-6-3-2-4-7-14/h2-4,6-7H,5,8-12H2,1H3. The van der Waals surface area contributed by atoms with Gasteiger partial charge in [-0.25, -0.2) is 15.0 Å². The highest BCUT2D eigenvalue weighted by molar-refractivity contribution is 8.00. The molecule has 0 atom stereocenters. The van der Waals surface area contributed by atoms with Crippen molar-refractivity contribution < 1.29 is 4.79 Å². The topological polar surface area (TPSA) is 58.5 Å². The van der Waals surface area contributed by atoms with E-state index in [9.17, 15) is 4.79 Å². The van der Waals surface area contributed by atoms with Crippen molar-refractivity contribution in [1.29, 1.82) is 0 Å². The molecular formula is C21H20N4OS2. The molecule has 0 unspecified atom stereocenters. The predicted molar refractivity (Wildman–Crippen MR) is 114 cm³/mol. The lowest BCUT2D eigenvalue weighted by molar-refractivity contribution is -0.127. The molecule has 3 aromatic rings. The summed E-state index contributed by atoms with van der Waals surface area (Å²) in [5.74, 6) is 1.15. The first-order chi connectivity index (χ1) is 13.7. The van der Waals surface area contributed by atoms with Crippen LogP contribution >= 0.6 is 23.1 Å². The third-order valence-corrected chi connectivity index (χ3v) is 7.32. The van der Waals surface area contributed by atoms with Crippen LogP contribution in [0, 0.1) is 6.92 Å². The van der Waals surface area contributed by atoms with Gasteiger partial charge in [0, 0.05) is 16.7 Å². The van der Waals surface area contributed by atoms with Crippen LogP contribution in [-0.2, 0) is 17.6 Å². The number of hydrogen-bond acceptors (Lipinski definition) is 6. The van der Waals surface area contributed by atoms with Crippen molar-refractivity contribution in [3.63, 3.8) is 0 Å². The molecule has 7 heteroatoms. The van der Waals surface area contributed by atoms with Crippen LogP contribution in [0.4, 0.5) is 0 Å². The lowest BCUT2D eigenvalue weighted by Gasteiger charge is -2.11. The average molecular weight is 409 g/mol. The molecule has 1 aliphatic heterocycles. The van der Waals surface area contributed by atoms with E-state index in [4.69, 9.17) is 0 Å². The summed E-state index contributed by atoms with van der Waals surface area (Å²) in [6, 6.07) is 10.1. The zero-order valence-electron chi connectivity index (χ0n) is 15.6. The third kappa shape index (κ3) is 3.22. The van der Waals surface area contributed by atoms with E-state index in [-0.39, 0.29) is 5.91 Å². The zero-order valence-corrected chi connectivity index (χ0v) is 17.3. The van der Waals surface area contributed by atoms with Gasteiger partial charge in [-0.3, -0.25) is 4.79 Å². The lowest BCUT2D eigenvalue weighted by atomic mass is 10.1. The van der Waals surface area contributed by atoms with Crippen molar-refractivity contribution in [2.45, 2.75) is 37.6 Å². The molecule has 2 aromatic heterocycles. The fourth-order valence-electron chi connectivity index (χ4n) is 3.84. The first kappa shape index (κ1) is 17.8. The molecule has 3 heterocycles. The number of carbonyl (C=O) groups is 1. The van der Waals surface area contributed by atoms with Gasteiger partial charge in [0.05, 0.1) is 18.0 Å². The minimum Gasteiger partial charge on any atom is -0.272 e. The molecule has 5 rings (SSSR count). The Bertz CT molecular complexity index is 1090. The van der Waals surface area contributed by atoms with Gasteiger partial charge in [0.25, 0.3) is 5.91 Å². The minimum absolute atomic E-state index is 0.0345. The number of hydrogen-bond donors (Lipinski definition) is 0. The zero-order chi connectivity index (χ0) is 19.1. The predicted octanol–water partition coefficient (Wildman–Crippen LogP) is 4.22. The number of rotatable bonds is 4. The SMILES string of the molecule is Cc1nc(SCC(=O)N2CCC(c3ccccc3)=N2)c2c3c(sc2n1)CCC3. The molecule has 0 fully saturated rings. The summed E-state index contributed by atoms with van der Waals surface area (Å²) in [6.07, 6.45) is 4.25. The Morgan fingerprint density at radius 2 is 2.04 bits per heavy atom. The Balaban J connectivity index is 1.34. The van der Waals surface area contributed by atoms with Gasteiger partial charge in [0.1, 0.15) is 15.7 Å². The maximum atomic E-state index is 12.7. The summed E-state index contributed by atoms with van der Waals surface area (Å²) in [7, 11) is 0. The number of carbonyl (C=O) groups excluding carboxylic acids is 1. The number of aryl methyl sites for hydroxylation is 3. The van der Waals surface area contributed by atoms with Crippen LogP contribution in [-0.4, -0.2) is 38.9 Å². The van der Waals surface area contributed by atoms with Crippen molar-refractivity contribution in [3.8, 4) is 0 Å². The van der Waals surface area contributed by atoms with Crippen molar-refractivity contribution >= 4 is 44.9 Å². The van der Waals surface area contributed by atoms with Crippen molar-refractivity contribution in [2.24, 2.45) is 5.10 Å². The highest BCUT2D eigenvalue weighted by Gasteiger charge is 2.25. The number of benzene rings is 1. The minimum atomic E-state index is 0.0345. The highest BCUT2D eigenvalue weighted by atomic mass is 32.2. The van der Waals surface area contributed by atoms with E-state index < -0.39 is 0 Å². The molecule has 142 valence electrons. The van der Waals surface area contributed by atoms with E-state index in [1.807, 2.05) is 37.3 Å². The van der Waals surface area contributed by atoms with E-state index in [0.29, 0.717) is 12.3 Å². The summed E-state index contributed by atoms with van der Waals surface area (Å²) in [5.41, 5.74) is 3.47. The van der Waals surface area contributed by atoms with Crippen LogP contribution in [0.1, 0.15) is 34.7 Å². The number of hydrazone groups is 1. The fourth-order valence-corrected chi connectivity index (χ4v) is 6.19. The first-order valence-electron chi connectivity index (χ1n) is 9.54. The first-order valence-corrected chi connectivity index (χ1v) is 11.3. The number of thiophene rings is 1. The second kappa shape index (κ2) is 7.29. The van der Waals surface area contributed by atoms with Gasteiger partial charge in [-0.1, -0.05) is 42.1 Å². The smallest absolute Gasteiger partial charge is 0.253 e. The molecule has 1 aliphatic carbocycles. The summed E-state index contributed by atoms with van der Waals surface area (Å²) in [6.45, 7) is 2.57. The highest BCUT2D eigenvalue weighted by Crippen LogP contribution is 2.40. The normalized spacial score (nSPS) is 15.9. The molecule has 0 saturated carbocycles. The maximum Gasteiger partial charge on any atom is 0.253 e. The summed E-state index contributed by atoms with van der Waals surface area (Å²) < 4.78 is 0. The number of thioether (sulfide) groups is 1. The van der Waals surface area contributed by atoms with E-state index in [1.165, 1.54) is 34.0 Å². The summed E-state index contributed by atoms with van der Waals surface area (Å²) in [4.78, 5) is 24.5. The van der Waals surface area contributed by atoms with E-state index >= 15 is 0 Å². The molecule has 0 N–H and O–H groups in total. The Morgan fingerprint density at radius 1 is 1.18 bits per heavy atom. The fraction of sp³-hybridized carbons (Fsp3) is 0.333. The number of amides is 1. The van der Waals surface area contributed by atoms with Crippen LogP contribution in [0.3, 0.4) is 0 Å². The van der Waals surface area contributed by atoms with Crippen molar-refractivity contribution in [1.82, 2.24) is 15.0 Å². The summed E-state index contributed by atoms with van der Waals surface area (Å²) in [5, 5.41) is 8.29. The van der Waals surface area contributed by atoms with Crippen LogP contribution in [0.5, 0.6) is 0 Å². The van der Waals surface area contributed by atoms with Crippen LogP contribution < -0.4 is 0 Å². The molecule has 2 aliphatic rings. The third-order valence-electron chi connectivity index (χ3n) is 5.17. The second-order valence-electron chi connectivity index (χ2n) is 7.08. The largest absolute Gasteiger partial charge is 0.272 e. The van der Waals surface area contributed by atoms with Crippen molar-refractivity contribution in [2.75, 3.05) is 12.3 Å². The molecule has 0 spiro atoms. The van der Waals surface area contributed by atoms with Crippen LogP contribution in [0.15, 0.2) is 40.5 Å². The molecule has 0 saturated heterocycles. The maximum absolute atomic E-state index is 12.7. The average Bonchev–Trinajstić information content (AvgIpc) is 3.42. The van der Waals surface area contributed by atoms with Gasteiger partial charge in [-0.05, 0) is 37.3 Å². The molecule has 5 nitrogen and oxygen atoms in total. The molecule has 0 radical (unpaired) electrons. The van der Waals surface area contributed by atoms with Gasteiger partial charge in [-0.2, -0.15) is 5.10 Å². The number of aromatic nitrogens is 2. The molecule has 1 aromatic carbocycles. The monoisotopic (exact) mass is 408 g/mol. The van der Waals surface area contributed by atoms with E-state index in [0.717, 1.165) is 46.2 Å². The van der Waals surface area contributed by atoms with Gasteiger partial charge in [-0.15, -0.1) is 11.3 Å².